The molecule has 0 amide bonds. The van der Waals surface area contributed by atoms with Gasteiger partial charge < -0.3 is 0 Å². The Balaban J connectivity index is 2.07. The largest absolute Gasteiger partial charge is 0.281 e. The van der Waals surface area contributed by atoms with E-state index in [0.29, 0.717) is 28.8 Å². The summed E-state index contributed by atoms with van der Waals surface area (Å²) >= 11 is 6.30. The number of hydrogen-bond acceptors (Lipinski definition) is 3. The second-order valence-electron chi connectivity index (χ2n) is 4.96. The number of nitro benzene ring substituents is 1. The maximum absolute atomic E-state index is 11.3. The van der Waals surface area contributed by atoms with Crippen molar-refractivity contribution in [2.75, 3.05) is 0 Å². The van der Waals surface area contributed by atoms with Gasteiger partial charge in [0.1, 0.15) is 0 Å². The van der Waals surface area contributed by atoms with Crippen molar-refractivity contribution in [3.05, 3.63) is 46.1 Å². The number of alkyl halides is 1. The van der Waals surface area contributed by atoms with Gasteiger partial charge in [-0.15, -0.1) is 11.6 Å². The Kier molecular flexibility index (Phi) is 3.11. The molecule has 1 heterocycles. The molecule has 0 saturated heterocycles. The van der Waals surface area contributed by atoms with Gasteiger partial charge in [-0.3, -0.25) is 15.1 Å². The standard InChI is InChI=1S/C14H13ClN2O2/c15-12(9-3-4-9)8-10-5-6-13-11(2-1-7-16-13)14(10)17(18)19/h1-2,5-7,9,12H,3-4,8H2. The Morgan fingerprint density at radius 1 is 1.42 bits per heavy atom. The molecule has 1 aliphatic rings. The molecule has 1 aromatic heterocycles. The van der Waals surface area contributed by atoms with Crippen molar-refractivity contribution in [2.24, 2.45) is 5.92 Å². The normalized spacial score (nSPS) is 16.5. The van der Waals surface area contributed by atoms with Crippen LogP contribution in [0.4, 0.5) is 5.69 Å². The first-order valence-electron chi connectivity index (χ1n) is 6.32. The number of fused-ring (bicyclic) bond motifs is 1. The molecule has 2 aromatic rings. The quantitative estimate of drug-likeness (QED) is 0.486. The molecule has 1 aliphatic carbocycles. The van der Waals surface area contributed by atoms with Gasteiger partial charge in [-0.2, -0.15) is 0 Å². The highest BCUT2D eigenvalue weighted by Gasteiger charge is 2.31. The lowest BCUT2D eigenvalue weighted by Gasteiger charge is -2.09. The first-order valence-corrected chi connectivity index (χ1v) is 6.75. The van der Waals surface area contributed by atoms with Gasteiger partial charge in [-0.1, -0.05) is 0 Å². The van der Waals surface area contributed by atoms with Crippen LogP contribution in [0.1, 0.15) is 18.4 Å². The molecule has 1 unspecified atom stereocenters. The van der Waals surface area contributed by atoms with Crippen LogP contribution in [0.25, 0.3) is 10.9 Å². The molecule has 0 radical (unpaired) electrons. The van der Waals surface area contributed by atoms with Gasteiger partial charge in [-0.25, -0.2) is 0 Å². The minimum absolute atomic E-state index is 0.00665. The number of aromatic nitrogens is 1. The Hall–Kier alpha value is -1.68. The van der Waals surface area contributed by atoms with Crippen LogP contribution in [0.5, 0.6) is 0 Å². The average molecular weight is 277 g/mol. The van der Waals surface area contributed by atoms with E-state index in [0.717, 1.165) is 12.8 Å². The summed E-state index contributed by atoms with van der Waals surface area (Å²) in [5.74, 6) is 0.519. The highest BCUT2D eigenvalue weighted by atomic mass is 35.5. The molecule has 19 heavy (non-hydrogen) atoms. The molecule has 1 atom stereocenters. The second kappa shape index (κ2) is 4.78. The van der Waals surface area contributed by atoms with E-state index in [2.05, 4.69) is 4.98 Å². The van der Waals surface area contributed by atoms with Crippen LogP contribution in [0.3, 0.4) is 0 Å². The maximum atomic E-state index is 11.3. The van der Waals surface area contributed by atoms with Crippen LogP contribution in [0.15, 0.2) is 30.5 Å². The highest BCUT2D eigenvalue weighted by molar-refractivity contribution is 6.21. The lowest BCUT2D eigenvalue weighted by molar-refractivity contribution is -0.383. The molecule has 0 aliphatic heterocycles. The molecule has 98 valence electrons. The zero-order valence-corrected chi connectivity index (χ0v) is 11.0. The van der Waals surface area contributed by atoms with E-state index in [4.69, 9.17) is 11.6 Å². The second-order valence-corrected chi connectivity index (χ2v) is 5.52. The van der Waals surface area contributed by atoms with Crippen molar-refractivity contribution in [1.29, 1.82) is 0 Å². The third-order valence-electron chi connectivity index (χ3n) is 3.57. The third-order valence-corrected chi connectivity index (χ3v) is 4.08. The number of nitrogens with zero attached hydrogens (tertiary/aromatic N) is 2. The van der Waals surface area contributed by atoms with Crippen molar-refractivity contribution < 1.29 is 4.92 Å². The fourth-order valence-electron chi connectivity index (χ4n) is 2.40. The van der Waals surface area contributed by atoms with Crippen molar-refractivity contribution in [3.8, 4) is 0 Å². The first-order chi connectivity index (χ1) is 9.16. The number of halogens is 1. The predicted molar refractivity (Wildman–Crippen MR) is 74.5 cm³/mol. The minimum atomic E-state index is -0.324. The number of benzene rings is 1. The van der Waals surface area contributed by atoms with Gasteiger partial charge in [0.15, 0.2) is 0 Å². The Morgan fingerprint density at radius 2 is 2.21 bits per heavy atom. The highest BCUT2D eigenvalue weighted by Crippen LogP contribution is 2.39. The Labute approximate surface area is 115 Å². The molecule has 3 rings (SSSR count). The average Bonchev–Trinajstić information content (AvgIpc) is 3.22. The molecule has 0 spiro atoms. The molecule has 1 fully saturated rings. The van der Waals surface area contributed by atoms with Crippen LogP contribution in [0.2, 0.25) is 0 Å². The Bertz CT molecular complexity index is 640. The number of nitro groups is 1. The summed E-state index contributed by atoms with van der Waals surface area (Å²) in [7, 11) is 0. The molecule has 4 nitrogen and oxygen atoms in total. The lowest BCUT2D eigenvalue weighted by atomic mass is 10.0. The summed E-state index contributed by atoms with van der Waals surface area (Å²) in [6, 6.07) is 7.07. The summed E-state index contributed by atoms with van der Waals surface area (Å²) in [5.41, 5.74) is 1.50. The summed E-state index contributed by atoms with van der Waals surface area (Å²) in [6.07, 6.45) is 4.46. The van der Waals surface area contributed by atoms with Crippen LogP contribution < -0.4 is 0 Å². The first kappa shape index (κ1) is 12.4. The van der Waals surface area contributed by atoms with Crippen LogP contribution >= 0.6 is 11.6 Å². The summed E-state index contributed by atoms with van der Waals surface area (Å²) in [4.78, 5) is 15.2. The molecule has 0 bridgehead atoms. The molecule has 1 aromatic carbocycles. The number of pyridine rings is 1. The van der Waals surface area contributed by atoms with Crippen molar-refractivity contribution in [1.82, 2.24) is 4.98 Å². The van der Waals surface area contributed by atoms with E-state index in [1.54, 1.807) is 24.4 Å². The van der Waals surface area contributed by atoms with Crippen molar-refractivity contribution in [2.45, 2.75) is 24.6 Å². The van der Waals surface area contributed by atoms with E-state index in [9.17, 15) is 10.1 Å². The SMILES string of the molecule is O=[N+]([O-])c1c(CC(Cl)C2CC2)ccc2ncccc12. The van der Waals surface area contributed by atoms with Gasteiger partial charge in [0.25, 0.3) is 5.69 Å². The smallest absolute Gasteiger partial charge is 0.258 e. The van der Waals surface area contributed by atoms with Crippen LogP contribution in [-0.2, 0) is 6.42 Å². The zero-order chi connectivity index (χ0) is 13.4. The molecule has 5 heteroatoms. The van der Waals surface area contributed by atoms with Gasteiger partial charge in [-0.05, 0) is 49.4 Å². The third kappa shape index (κ3) is 2.40. The number of rotatable bonds is 4. The van der Waals surface area contributed by atoms with E-state index in [1.165, 1.54) is 0 Å². The van der Waals surface area contributed by atoms with Crippen LogP contribution in [-0.4, -0.2) is 15.3 Å². The monoisotopic (exact) mass is 276 g/mol. The van der Waals surface area contributed by atoms with E-state index in [-0.39, 0.29) is 16.0 Å². The topological polar surface area (TPSA) is 56.0 Å². The zero-order valence-electron chi connectivity index (χ0n) is 10.3. The molecule has 1 saturated carbocycles. The van der Waals surface area contributed by atoms with Gasteiger partial charge in [0.05, 0.1) is 15.8 Å². The Morgan fingerprint density at radius 3 is 2.89 bits per heavy atom. The van der Waals surface area contributed by atoms with E-state index < -0.39 is 0 Å². The molecular formula is C14H13ClN2O2. The minimum Gasteiger partial charge on any atom is -0.258 e. The number of hydrogen-bond donors (Lipinski definition) is 0. The van der Waals surface area contributed by atoms with E-state index >= 15 is 0 Å². The summed E-state index contributed by atoms with van der Waals surface area (Å²) in [6.45, 7) is 0. The fraction of sp³-hybridized carbons (Fsp3) is 0.357. The van der Waals surface area contributed by atoms with Crippen molar-refractivity contribution >= 4 is 28.2 Å². The predicted octanol–water partition coefficient (Wildman–Crippen LogP) is 3.70. The van der Waals surface area contributed by atoms with Gasteiger partial charge >= 0.3 is 0 Å². The summed E-state index contributed by atoms with van der Waals surface area (Å²) in [5, 5.41) is 11.9. The molecule has 0 N–H and O–H groups in total. The van der Waals surface area contributed by atoms with Gasteiger partial charge in [0, 0.05) is 17.1 Å². The van der Waals surface area contributed by atoms with Crippen LogP contribution in [0, 0.1) is 16.0 Å². The van der Waals surface area contributed by atoms with Gasteiger partial charge in [0.2, 0.25) is 0 Å². The molecular weight excluding hydrogens is 264 g/mol. The fourth-order valence-corrected chi connectivity index (χ4v) is 2.82. The van der Waals surface area contributed by atoms with E-state index in [1.807, 2.05) is 6.07 Å². The lowest BCUT2D eigenvalue weighted by Crippen LogP contribution is -2.08. The maximum Gasteiger partial charge on any atom is 0.281 e. The van der Waals surface area contributed by atoms with Crippen molar-refractivity contribution in [3.63, 3.8) is 0 Å². The summed E-state index contributed by atoms with van der Waals surface area (Å²) < 4.78 is 0.